The first-order valence-electron chi connectivity index (χ1n) is 6.99. The molecule has 0 aliphatic heterocycles. The second-order valence-electron chi connectivity index (χ2n) is 5.38. The number of aromatic nitrogens is 4. The Bertz CT molecular complexity index is 956. The molecule has 0 amide bonds. The number of imidazole rings is 1. The first-order chi connectivity index (χ1) is 10.8. The van der Waals surface area contributed by atoms with Gasteiger partial charge in [-0.05, 0) is 26.0 Å². The monoisotopic (exact) mass is 331 g/mol. The maximum Gasteiger partial charge on any atom is 0.229 e. The van der Waals surface area contributed by atoms with Crippen molar-refractivity contribution >= 4 is 15.7 Å². The lowest BCUT2D eigenvalue weighted by atomic mass is 10.1. The van der Waals surface area contributed by atoms with Gasteiger partial charge in [0.15, 0.2) is 0 Å². The minimum Gasteiger partial charge on any atom is -0.322 e. The molecule has 2 aromatic heterocycles. The third-order valence-corrected chi connectivity index (χ3v) is 3.88. The van der Waals surface area contributed by atoms with Crippen LogP contribution in [0.5, 0.6) is 0 Å². The van der Waals surface area contributed by atoms with Gasteiger partial charge in [0, 0.05) is 11.3 Å². The molecule has 3 rings (SSSR count). The van der Waals surface area contributed by atoms with Gasteiger partial charge in [-0.3, -0.25) is 4.72 Å². The second kappa shape index (κ2) is 5.54. The van der Waals surface area contributed by atoms with Gasteiger partial charge in [0.25, 0.3) is 0 Å². The highest BCUT2D eigenvalue weighted by molar-refractivity contribution is 7.92. The fraction of sp³-hybridized carbons (Fsp3) is 0.200. The largest absolute Gasteiger partial charge is 0.322 e. The minimum atomic E-state index is -3.36. The van der Waals surface area contributed by atoms with Gasteiger partial charge in [0.05, 0.1) is 29.5 Å². The van der Waals surface area contributed by atoms with Gasteiger partial charge in [-0.1, -0.05) is 18.2 Å². The smallest absolute Gasteiger partial charge is 0.229 e. The predicted octanol–water partition coefficient (Wildman–Crippen LogP) is 2.25. The van der Waals surface area contributed by atoms with Crippen LogP contribution in [0.2, 0.25) is 0 Å². The molecule has 8 heteroatoms. The first-order valence-corrected chi connectivity index (χ1v) is 8.88. The average Bonchev–Trinajstić information content (AvgIpc) is 3.04. The maximum absolute atomic E-state index is 11.5. The highest BCUT2D eigenvalue weighted by Crippen LogP contribution is 2.27. The molecule has 120 valence electrons. The second-order valence-corrected chi connectivity index (χ2v) is 7.13. The number of nitrogens with zero attached hydrogens (tertiary/aromatic N) is 3. The van der Waals surface area contributed by atoms with Gasteiger partial charge >= 0.3 is 0 Å². The molecule has 0 radical (unpaired) electrons. The Morgan fingerprint density at radius 1 is 1.22 bits per heavy atom. The Hall–Kier alpha value is -2.61. The van der Waals surface area contributed by atoms with Crippen LogP contribution in [0.25, 0.3) is 17.2 Å². The summed E-state index contributed by atoms with van der Waals surface area (Å²) in [5.74, 6) is 0.583. The number of benzene rings is 1. The van der Waals surface area contributed by atoms with Crippen molar-refractivity contribution in [3.63, 3.8) is 0 Å². The van der Waals surface area contributed by atoms with Crippen molar-refractivity contribution in [1.82, 2.24) is 19.7 Å². The number of rotatable bonds is 4. The van der Waals surface area contributed by atoms with Crippen molar-refractivity contribution in [3.8, 4) is 17.2 Å². The number of aryl methyl sites for hydroxylation is 2. The zero-order valence-corrected chi connectivity index (χ0v) is 13.8. The molecule has 0 fully saturated rings. The molecule has 2 heterocycles. The Morgan fingerprint density at radius 3 is 2.61 bits per heavy atom. The van der Waals surface area contributed by atoms with Gasteiger partial charge in [0.1, 0.15) is 0 Å². The van der Waals surface area contributed by atoms with Crippen molar-refractivity contribution in [1.29, 1.82) is 0 Å². The van der Waals surface area contributed by atoms with E-state index in [1.165, 1.54) is 0 Å². The van der Waals surface area contributed by atoms with Crippen LogP contribution in [0, 0.1) is 13.8 Å². The molecule has 7 nitrogen and oxygen atoms in total. The van der Waals surface area contributed by atoms with E-state index in [9.17, 15) is 8.42 Å². The highest BCUT2D eigenvalue weighted by Gasteiger charge is 2.13. The standard InChI is InChI=1S/C15H17N5O2S/c1-10-8-11(2)20(18-10)15-16-9-14(17-15)12-6-4-5-7-13(12)19-23(3,21)22/h4-9,19H,1-3H3,(H,16,17). The lowest BCUT2D eigenvalue weighted by Gasteiger charge is -2.08. The van der Waals surface area contributed by atoms with Crippen molar-refractivity contribution in [2.75, 3.05) is 11.0 Å². The number of aromatic amines is 1. The Morgan fingerprint density at radius 2 is 1.96 bits per heavy atom. The third kappa shape index (κ3) is 3.26. The van der Waals surface area contributed by atoms with E-state index in [1.54, 1.807) is 23.0 Å². The summed E-state index contributed by atoms with van der Waals surface area (Å²) in [6.45, 7) is 3.86. The van der Waals surface area contributed by atoms with Crippen molar-refractivity contribution < 1.29 is 8.42 Å². The van der Waals surface area contributed by atoms with Crippen molar-refractivity contribution in [3.05, 3.63) is 47.9 Å². The fourth-order valence-corrected chi connectivity index (χ4v) is 2.98. The van der Waals surface area contributed by atoms with Crippen LogP contribution in [0.15, 0.2) is 36.5 Å². The Balaban J connectivity index is 2.03. The molecule has 0 atom stereocenters. The number of anilines is 1. The number of hydrogen-bond donors (Lipinski definition) is 2. The summed E-state index contributed by atoms with van der Waals surface area (Å²) >= 11 is 0. The van der Waals surface area contributed by atoms with E-state index in [2.05, 4.69) is 19.8 Å². The zero-order chi connectivity index (χ0) is 16.6. The molecule has 0 unspecified atom stereocenters. The van der Waals surface area contributed by atoms with Gasteiger partial charge in [0.2, 0.25) is 16.0 Å². The number of nitrogens with one attached hydrogen (secondary N) is 2. The van der Waals surface area contributed by atoms with E-state index in [4.69, 9.17) is 0 Å². The lowest BCUT2D eigenvalue weighted by Crippen LogP contribution is -2.10. The SMILES string of the molecule is Cc1cc(C)n(-c2ncc(-c3ccccc3NS(C)(=O)=O)[nH]2)n1. The van der Waals surface area contributed by atoms with E-state index < -0.39 is 10.0 Å². The van der Waals surface area contributed by atoms with Crippen LogP contribution >= 0.6 is 0 Å². The molecule has 1 aromatic carbocycles. The van der Waals surface area contributed by atoms with Crippen LogP contribution in [0.3, 0.4) is 0 Å². The van der Waals surface area contributed by atoms with Crippen LogP contribution in [0.4, 0.5) is 5.69 Å². The summed E-state index contributed by atoms with van der Waals surface area (Å²) in [5.41, 5.74) is 3.79. The van der Waals surface area contributed by atoms with Crippen LogP contribution in [-0.4, -0.2) is 34.4 Å². The fourth-order valence-electron chi connectivity index (χ4n) is 2.41. The summed E-state index contributed by atoms with van der Waals surface area (Å²) in [6.07, 6.45) is 2.78. The van der Waals surface area contributed by atoms with Crippen molar-refractivity contribution in [2.45, 2.75) is 13.8 Å². The quantitative estimate of drug-likeness (QED) is 0.767. The number of H-pyrrole nitrogens is 1. The van der Waals surface area contributed by atoms with Gasteiger partial charge in [-0.2, -0.15) is 5.10 Å². The number of hydrogen-bond acceptors (Lipinski definition) is 4. The molecule has 0 aliphatic carbocycles. The molecular weight excluding hydrogens is 314 g/mol. The van der Waals surface area contributed by atoms with Gasteiger partial charge < -0.3 is 4.98 Å². The first kappa shape index (κ1) is 15.3. The van der Waals surface area contributed by atoms with E-state index in [1.807, 2.05) is 32.0 Å². The highest BCUT2D eigenvalue weighted by atomic mass is 32.2. The van der Waals surface area contributed by atoms with Gasteiger partial charge in [-0.15, -0.1) is 0 Å². The number of sulfonamides is 1. The predicted molar refractivity (Wildman–Crippen MR) is 89.1 cm³/mol. The lowest BCUT2D eigenvalue weighted by molar-refractivity contribution is 0.607. The van der Waals surface area contributed by atoms with E-state index >= 15 is 0 Å². The summed E-state index contributed by atoms with van der Waals surface area (Å²) in [6, 6.07) is 9.11. The molecular formula is C15H17N5O2S. The summed E-state index contributed by atoms with van der Waals surface area (Å²) in [4.78, 5) is 7.52. The molecule has 0 saturated carbocycles. The topological polar surface area (TPSA) is 92.7 Å². The van der Waals surface area contributed by atoms with Crippen LogP contribution in [0.1, 0.15) is 11.4 Å². The van der Waals surface area contributed by atoms with Crippen LogP contribution in [-0.2, 0) is 10.0 Å². The average molecular weight is 331 g/mol. The molecule has 0 saturated heterocycles. The molecule has 23 heavy (non-hydrogen) atoms. The molecule has 0 bridgehead atoms. The molecule has 0 aliphatic rings. The third-order valence-electron chi connectivity index (χ3n) is 3.29. The normalized spacial score (nSPS) is 11.6. The molecule has 3 aromatic rings. The number of para-hydroxylation sites is 1. The minimum absolute atomic E-state index is 0.499. The maximum atomic E-state index is 11.5. The summed E-state index contributed by atoms with van der Waals surface area (Å²) in [7, 11) is -3.36. The Kier molecular flexibility index (Phi) is 3.69. The van der Waals surface area contributed by atoms with Gasteiger partial charge in [-0.25, -0.2) is 18.1 Å². The Labute approximate surface area is 134 Å². The summed E-state index contributed by atoms with van der Waals surface area (Å²) < 4.78 is 27.2. The van der Waals surface area contributed by atoms with Crippen LogP contribution < -0.4 is 4.72 Å². The molecule has 2 N–H and O–H groups in total. The van der Waals surface area contributed by atoms with E-state index in [-0.39, 0.29) is 0 Å². The summed E-state index contributed by atoms with van der Waals surface area (Å²) in [5, 5.41) is 4.38. The molecule has 0 spiro atoms. The van der Waals surface area contributed by atoms with E-state index in [0.717, 1.165) is 23.2 Å². The van der Waals surface area contributed by atoms with Crippen molar-refractivity contribution in [2.24, 2.45) is 0 Å². The zero-order valence-electron chi connectivity index (χ0n) is 13.0. The van der Waals surface area contributed by atoms with E-state index in [0.29, 0.717) is 17.3 Å².